The Hall–Kier alpha value is -0.960. The first-order valence-corrected chi connectivity index (χ1v) is 4.70. The molecule has 0 radical (unpaired) electrons. The largest absolute Gasteiger partial charge is 0.390 e. The summed E-state index contributed by atoms with van der Waals surface area (Å²) in [5.74, 6) is 0.853. The number of rotatable bonds is 4. The quantitative estimate of drug-likeness (QED) is 0.765. The molecule has 0 spiro atoms. The predicted molar refractivity (Wildman–Crippen MR) is 51.3 cm³/mol. The number of aryl methyl sites for hydroxylation is 2. The van der Waals surface area contributed by atoms with Gasteiger partial charge < -0.3 is 5.11 Å². The molecular formula is C10H16N2O. The van der Waals surface area contributed by atoms with Gasteiger partial charge in [0.05, 0.1) is 12.3 Å². The van der Waals surface area contributed by atoms with E-state index >= 15 is 0 Å². The van der Waals surface area contributed by atoms with Crippen LogP contribution >= 0.6 is 0 Å². The van der Waals surface area contributed by atoms with E-state index in [2.05, 4.69) is 16.9 Å². The minimum atomic E-state index is 0.00247. The van der Waals surface area contributed by atoms with E-state index in [-0.39, 0.29) is 6.61 Å². The lowest BCUT2D eigenvalue weighted by atomic mass is 10.2. The fourth-order valence-electron chi connectivity index (χ4n) is 1.23. The van der Waals surface area contributed by atoms with Gasteiger partial charge in [0.15, 0.2) is 0 Å². The topological polar surface area (TPSA) is 46.0 Å². The van der Waals surface area contributed by atoms with Gasteiger partial charge in [0.25, 0.3) is 0 Å². The third-order valence-electron chi connectivity index (χ3n) is 1.87. The van der Waals surface area contributed by atoms with Crippen LogP contribution < -0.4 is 0 Å². The number of hydrogen-bond acceptors (Lipinski definition) is 3. The van der Waals surface area contributed by atoms with E-state index in [0.717, 1.165) is 36.5 Å². The summed E-state index contributed by atoms with van der Waals surface area (Å²) in [6, 6.07) is 1.81. The van der Waals surface area contributed by atoms with Crippen LogP contribution in [0.1, 0.15) is 37.0 Å². The lowest BCUT2D eigenvalue weighted by molar-refractivity contribution is 0.276. The van der Waals surface area contributed by atoms with Crippen molar-refractivity contribution in [1.29, 1.82) is 0 Å². The second kappa shape index (κ2) is 4.92. The van der Waals surface area contributed by atoms with Crippen molar-refractivity contribution in [3.63, 3.8) is 0 Å². The molecular weight excluding hydrogens is 164 g/mol. The predicted octanol–water partition coefficient (Wildman–Crippen LogP) is 1.62. The van der Waals surface area contributed by atoms with Crippen LogP contribution in [0.2, 0.25) is 0 Å². The number of hydrogen-bond donors (Lipinski definition) is 1. The molecule has 72 valence electrons. The van der Waals surface area contributed by atoms with Crippen molar-refractivity contribution in [3.05, 3.63) is 23.3 Å². The molecule has 1 aromatic rings. The van der Waals surface area contributed by atoms with Gasteiger partial charge in [-0.05, 0) is 19.4 Å². The molecule has 3 heteroatoms. The van der Waals surface area contributed by atoms with Crippen molar-refractivity contribution in [3.8, 4) is 0 Å². The fourth-order valence-corrected chi connectivity index (χ4v) is 1.23. The maximum atomic E-state index is 8.92. The first kappa shape index (κ1) is 10.1. The summed E-state index contributed by atoms with van der Waals surface area (Å²) in [6.45, 7) is 4.07. The van der Waals surface area contributed by atoms with Gasteiger partial charge in [-0.3, -0.25) is 0 Å². The molecule has 0 unspecified atom stereocenters. The SMILES string of the molecule is CCCCc1nc(C)cc(CO)n1. The summed E-state index contributed by atoms with van der Waals surface area (Å²) < 4.78 is 0. The zero-order valence-electron chi connectivity index (χ0n) is 8.25. The number of aliphatic hydroxyl groups is 1. The highest BCUT2D eigenvalue weighted by atomic mass is 16.3. The Kier molecular flexibility index (Phi) is 3.83. The van der Waals surface area contributed by atoms with Gasteiger partial charge in [-0.1, -0.05) is 13.3 Å². The molecule has 3 nitrogen and oxygen atoms in total. The summed E-state index contributed by atoms with van der Waals surface area (Å²) in [6.07, 6.45) is 3.16. The van der Waals surface area contributed by atoms with Gasteiger partial charge in [-0.2, -0.15) is 0 Å². The molecule has 1 N–H and O–H groups in total. The summed E-state index contributed by atoms with van der Waals surface area (Å²) >= 11 is 0. The van der Waals surface area contributed by atoms with Crippen molar-refractivity contribution in [2.45, 2.75) is 39.7 Å². The average molecular weight is 180 g/mol. The molecule has 1 aromatic heterocycles. The Morgan fingerprint density at radius 3 is 2.77 bits per heavy atom. The van der Waals surface area contributed by atoms with E-state index in [1.165, 1.54) is 0 Å². The van der Waals surface area contributed by atoms with Gasteiger partial charge in [0, 0.05) is 12.1 Å². The van der Waals surface area contributed by atoms with Crippen LogP contribution in [-0.4, -0.2) is 15.1 Å². The molecule has 0 aromatic carbocycles. The van der Waals surface area contributed by atoms with E-state index in [4.69, 9.17) is 5.11 Å². The second-order valence-corrected chi connectivity index (χ2v) is 3.18. The van der Waals surface area contributed by atoms with Crippen molar-refractivity contribution < 1.29 is 5.11 Å². The molecule has 0 saturated carbocycles. The van der Waals surface area contributed by atoms with Crippen molar-refractivity contribution >= 4 is 0 Å². The van der Waals surface area contributed by atoms with Crippen LogP contribution in [0.5, 0.6) is 0 Å². The Morgan fingerprint density at radius 2 is 2.15 bits per heavy atom. The van der Waals surface area contributed by atoms with E-state index < -0.39 is 0 Å². The Balaban J connectivity index is 2.76. The average Bonchev–Trinajstić information content (AvgIpc) is 2.14. The monoisotopic (exact) mass is 180 g/mol. The van der Waals surface area contributed by atoms with Crippen molar-refractivity contribution in [1.82, 2.24) is 9.97 Å². The normalized spacial score (nSPS) is 10.4. The molecule has 0 bridgehead atoms. The third-order valence-corrected chi connectivity index (χ3v) is 1.87. The van der Waals surface area contributed by atoms with Gasteiger partial charge in [-0.25, -0.2) is 9.97 Å². The van der Waals surface area contributed by atoms with E-state index in [0.29, 0.717) is 0 Å². The summed E-state index contributed by atoms with van der Waals surface area (Å²) in [7, 11) is 0. The van der Waals surface area contributed by atoms with E-state index in [1.807, 2.05) is 13.0 Å². The Labute approximate surface area is 78.9 Å². The molecule has 0 saturated heterocycles. The second-order valence-electron chi connectivity index (χ2n) is 3.18. The van der Waals surface area contributed by atoms with Gasteiger partial charge in [0.2, 0.25) is 0 Å². The third kappa shape index (κ3) is 3.11. The Bertz CT molecular complexity index is 274. The highest BCUT2D eigenvalue weighted by molar-refractivity contribution is 5.09. The molecule has 0 aliphatic carbocycles. The standard InChI is InChI=1S/C10H16N2O/c1-3-4-5-10-11-8(2)6-9(7-13)12-10/h6,13H,3-5,7H2,1-2H3. The van der Waals surface area contributed by atoms with Gasteiger partial charge in [0.1, 0.15) is 5.82 Å². The summed E-state index contributed by atoms with van der Waals surface area (Å²) in [4.78, 5) is 8.53. The molecule has 0 aliphatic rings. The minimum Gasteiger partial charge on any atom is -0.390 e. The van der Waals surface area contributed by atoms with Crippen LogP contribution in [0.4, 0.5) is 0 Å². The highest BCUT2D eigenvalue weighted by Gasteiger charge is 2.00. The number of aromatic nitrogens is 2. The van der Waals surface area contributed by atoms with Crippen LogP contribution in [0.15, 0.2) is 6.07 Å². The van der Waals surface area contributed by atoms with Gasteiger partial charge >= 0.3 is 0 Å². The van der Waals surface area contributed by atoms with Crippen molar-refractivity contribution in [2.24, 2.45) is 0 Å². The van der Waals surface area contributed by atoms with E-state index in [1.54, 1.807) is 0 Å². The number of nitrogens with zero attached hydrogens (tertiary/aromatic N) is 2. The Morgan fingerprint density at radius 1 is 1.38 bits per heavy atom. The summed E-state index contributed by atoms with van der Waals surface area (Å²) in [5.41, 5.74) is 1.66. The maximum Gasteiger partial charge on any atom is 0.128 e. The van der Waals surface area contributed by atoms with E-state index in [9.17, 15) is 0 Å². The van der Waals surface area contributed by atoms with Crippen LogP contribution in [0.25, 0.3) is 0 Å². The number of aliphatic hydroxyl groups excluding tert-OH is 1. The maximum absolute atomic E-state index is 8.92. The van der Waals surface area contributed by atoms with Crippen LogP contribution in [0, 0.1) is 6.92 Å². The first-order valence-electron chi connectivity index (χ1n) is 4.70. The first-order chi connectivity index (χ1) is 6.26. The lowest BCUT2D eigenvalue weighted by Gasteiger charge is -2.02. The number of unbranched alkanes of at least 4 members (excludes halogenated alkanes) is 1. The molecule has 0 amide bonds. The lowest BCUT2D eigenvalue weighted by Crippen LogP contribution is -2.01. The molecule has 1 rings (SSSR count). The smallest absolute Gasteiger partial charge is 0.128 e. The molecule has 0 fully saturated rings. The van der Waals surface area contributed by atoms with Crippen molar-refractivity contribution in [2.75, 3.05) is 0 Å². The highest BCUT2D eigenvalue weighted by Crippen LogP contribution is 2.03. The zero-order valence-corrected chi connectivity index (χ0v) is 8.25. The summed E-state index contributed by atoms with van der Waals surface area (Å²) in [5, 5.41) is 8.92. The fraction of sp³-hybridized carbons (Fsp3) is 0.600. The van der Waals surface area contributed by atoms with Gasteiger partial charge in [-0.15, -0.1) is 0 Å². The zero-order chi connectivity index (χ0) is 9.68. The molecule has 0 atom stereocenters. The van der Waals surface area contributed by atoms with Crippen LogP contribution in [0.3, 0.4) is 0 Å². The molecule has 0 aliphatic heterocycles. The van der Waals surface area contributed by atoms with Crippen LogP contribution in [-0.2, 0) is 13.0 Å². The molecule has 1 heterocycles. The molecule has 13 heavy (non-hydrogen) atoms. The minimum absolute atomic E-state index is 0.00247.